The predicted octanol–water partition coefficient (Wildman–Crippen LogP) is 5.45. The van der Waals surface area contributed by atoms with E-state index in [0.29, 0.717) is 24.9 Å². The summed E-state index contributed by atoms with van der Waals surface area (Å²) in [7, 11) is 0. The Hall–Kier alpha value is -2.60. The zero-order chi connectivity index (χ0) is 24.1. The molecule has 0 unspecified atom stereocenters. The number of amides is 1. The molecule has 0 bridgehead atoms. The van der Waals surface area contributed by atoms with Gasteiger partial charge in [-0.2, -0.15) is 0 Å². The number of nitrogens with zero attached hydrogens (tertiary/aromatic N) is 2. The van der Waals surface area contributed by atoms with Gasteiger partial charge in [-0.25, -0.2) is 4.79 Å². The average molecular weight is 465 g/mol. The predicted molar refractivity (Wildman–Crippen MR) is 132 cm³/mol. The molecule has 3 aliphatic rings. The molecule has 1 amide bonds. The van der Waals surface area contributed by atoms with Crippen molar-refractivity contribution in [3.8, 4) is 11.1 Å². The van der Waals surface area contributed by atoms with E-state index in [0.717, 1.165) is 42.4 Å². The van der Waals surface area contributed by atoms with Crippen molar-refractivity contribution >= 4 is 6.09 Å². The number of aromatic nitrogens is 1. The van der Waals surface area contributed by atoms with Gasteiger partial charge in [0, 0.05) is 37.7 Å². The lowest BCUT2D eigenvalue weighted by molar-refractivity contribution is -0.102. The number of cyclic esters (lactones) is 1. The first-order chi connectivity index (χ1) is 16.1. The van der Waals surface area contributed by atoms with Gasteiger partial charge < -0.3 is 19.3 Å². The highest BCUT2D eigenvalue weighted by Gasteiger charge is 2.47. The van der Waals surface area contributed by atoms with Crippen molar-refractivity contribution in [2.75, 3.05) is 6.54 Å². The van der Waals surface area contributed by atoms with Gasteiger partial charge in [0.1, 0.15) is 5.60 Å². The average Bonchev–Trinajstić information content (AvgIpc) is 3.68. The van der Waals surface area contributed by atoms with E-state index in [1.54, 1.807) is 24.8 Å². The van der Waals surface area contributed by atoms with Gasteiger partial charge in [0.05, 0.1) is 11.6 Å². The standard InChI is InChI=1S/C28H36N2O4/c1-19(29-15-13-28(34-26(29)32,17-20-4-5-20)18-27(2,3)33)21-6-8-22(9-7-21)23-12-14-30(24-10-11-24)25(31)16-23/h6-9,12,14,16,19-20,24,33H,4-5,10-11,13,15,17-18H2,1-3H3/t19-,28+/m0/s1. The van der Waals surface area contributed by atoms with Crippen LogP contribution >= 0.6 is 0 Å². The summed E-state index contributed by atoms with van der Waals surface area (Å²) in [5.41, 5.74) is 1.54. The highest BCUT2D eigenvalue weighted by molar-refractivity contribution is 5.70. The number of aliphatic hydroxyl groups is 1. The zero-order valence-corrected chi connectivity index (χ0v) is 20.5. The Kier molecular flexibility index (Phi) is 5.83. The second kappa shape index (κ2) is 8.56. The van der Waals surface area contributed by atoms with E-state index in [1.165, 1.54) is 12.8 Å². The Morgan fingerprint density at radius 3 is 2.35 bits per heavy atom. The van der Waals surface area contributed by atoms with Gasteiger partial charge in [-0.1, -0.05) is 37.1 Å². The molecule has 1 aliphatic heterocycles. The maximum absolute atomic E-state index is 13.1. The summed E-state index contributed by atoms with van der Waals surface area (Å²) in [6.07, 6.45) is 8.21. The van der Waals surface area contributed by atoms with Crippen LogP contribution in [0.5, 0.6) is 0 Å². The number of rotatable bonds is 8. The second-order valence-electron chi connectivity index (χ2n) is 11.3. The van der Waals surface area contributed by atoms with E-state index in [4.69, 9.17) is 4.74 Å². The number of benzene rings is 1. The number of hydrogen-bond acceptors (Lipinski definition) is 4. The maximum Gasteiger partial charge on any atom is 0.410 e. The van der Waals surface area contributed by atoms with Crippen molar-refractivity contribution in [1.29, 1.82) is 0 Å². The molecule has 6 nitrogen and oxygen atoms in total. The lowest BCUT2D eigenvalue weighted by atomic mass is 9.81. The molecule has 5 rings (SSSR count). The summed E-state index contributed by atoms with van der Waals surface area (Å²) in [5, 5.41) is 10.5. The molecule has 0 spiro atoms. The van der Waals surface area contributed by atoms with Crippen molar-refractivity contribution in [1.82, 2.24) is 9.47 Å². The molecule has 6 heteroatoms. The smallest absolute Gasteiger partial charge is 0.410 e. The van der Waals surface area contributed by atoms with E-state index < -0.39 is 11.2 Å². The van der Waals surface area contributed by atoms with Crippen LogP contribution in [-0.2, 0) is 4.74 Å². The maximum atomic E-state index is 13.1. The van der Waals surface area contributed by atoms with Gasteiger partial charge >= 0.3 is 6.09 Å². The molecule has 2 aliphatic carbocycles. The fourth-order valence-electron chi connectivity index (χ4n) is 5.50. The number of pyridine rings is 1. The summed E-state index contributed by atoms with van der Waals surface area (Å²) in [5.74, 6) is 0.609. The monoisotopic (exact) mass is 464 g/mol. The van der Waals surface area contributed by atoms with Gasteiger partial charge in [-0.3, -0.25) is 4.79 Å². The van der Waals surface area contributed by atoms with Crippen molar-refractivity contribution in [3.63, 3.8) is 0 Å². The molecule has 2 atom stereocenters. The molecular weight excluding hydrogens is 428 g/mol. The van der Waals surface area contributed by atoms with Crippen LogP contribution < -0.4 is 5.56 Å². The summed E-state index contributed by atoms with van der Waals surface area (Å²) < 4.78 is 7.91. The first-order valence-electron chi connectivity index (χ1n) is 12.7. The summed E-state index contributed by atoms with van der Waals surface area (Å²) >= 11 is 0. The molecule has 182 valence electrons. The highest BCUT2D eigenvalue weighted by atomic mass is 16.6. The van der Waals surface area contributed by atoms with E-state index in [-0.39, 0.29) is 17.7 Å². The summed E-state index contributed by atoms with van der Waals surface area (Å²) in [4.78, 5) is 27.3. The molecule has 3 fully saturated rings. The summed E-state index contributed by atoms with van der Waals surface area (Å²) in [6, 6.07) is 12.1. The second-order valence-corrected chi connectivity index (χ2v) is 11.3. The van der Waals surface area contributed by atoms with Gasteiger partial charge in [0.15, 0.2) is 0 Å². The van der Waals surface area contributed by atoms with Crippen molar-refractivity contribution in [3.05, 3.63) is 58.5 Å². The third-order valence-electron chi connectivity index (χ3n) is 7.54. The number of hydrogen-bond donors (Lipinski definition) is 1. The summed E-state index contributed by atoms with van der Waals surface area (Å²) in [6.45, 7) is 6.22. The molecule has 2 heterocycles. The Morgan fingerprint density at radius 2 is 1.79 bits per heavy atom. The fraction of sp³-hybridized carbons (Fsp3) is 0.571. The molecule has 2 saturated carbocycles. The van der Waals surface area contributed by atoms with E-state index in [9.17, 15) is 14.7 Å². The van der Waals surface area contributed by atoms with Crippen molar-refractivity contribution in [2.45, 2.75) is 89.0 Å². The Labute approximate surface area is 201 Å². The Bertz CT molecular complexity index is 1110. The normalized spacial score (nSPS) is 24.1. The SMILES string of the molecule is C[C@@H](c1ccc(-c2ccn(C3CC3)c(=O)c2)cc1)N1CC[C@@](CC2CC2)(CC(C)(C)O)OC1=O. The molecular formula is C28H36N2O4. The first-order valence-corrected chi connectivity index (χ1v) is 12.7. The Morgan fingerprint density at radius 1 is 1.09 bits per heavy atom. The molecule has 34 heavy (non-hydrogen) atoms. The topological polar surface area (TPSA) is 71.8 Å². The Balaban J connectivity index is 1.28. The van der Waals surface area contributed by atoms with Crippen LogP contribution in [0.25, 0.3) is 11.1 Å². The lowest BCUT2D eigenvalue weighted by Crippen LogP contribution is -2.53. The van der Waals surface area contributed by atoms with Gasteiger partial charge in [0.25, 0.3) is 5.56 Å². The molecule has 1 aromatic carbocycles. The van der Waals surface area contributed by atoms with E-state index >= 15 is 0 Å². The quantitative estimate of drug-likeness (QED) is 0.564. The van der Waals surface area contributed by atoms with Crippen LogP contribution in [0.1, 0.15) is 83.4 Å². The molecule has 0 radical (unpaired) electrons. The van der Waals surface area contributed by atoms with Crippen molar-refractivity contribution < 1.29 is 14.6 Å². The van der Waals surface area contributed by atoms with E-state index in [1.807, 2.05) is 48.0 Å². The number of carbonyl (C=O) groups is 1. The third kappa shape index (κ3) is 5.07. The molecule has 2 aromatic rings. The minimum absolute atomic E-state index is 0.0502. The van der Waals surface area contributed by atoms with Crippen LogP contribution in [-0.4, -0.2) is 38.4 Å². The highest BCUT2D eigenvalue weighted by Crippen LogP contribution is 2.45. The number of ether oxygens (including phenoxy) is 1. The van der Waals surface area contributed by atoms with Gasteiger partial charge in [-0.05, 0) is 68.7 Å². The largest absolute Gasteiger partial charge is 0.443 e. The van der Waals surface area contributed by atoms with Gasteiger partial charge in [-0.15, -0.1) is 0 Å². The van der Waals surface area contributed by atoms with Crippen LogP contribution in [0, 0.1) is 5.92 Å². The lowest BCUT2D eigenvalue weighted by Gasteiger charge is -2.45. The zero-order valence-electron chi connectivity index (χ0n) is 20.5. The molecule has 1 N–H and O–H groups in total. The minimum atomic E-state index is -0.877. The van der Waals surface area contributed by atoms with Crippen LogP contribution in [0.15, 0.2) is 47.4 Å². The minimum Gasteiger partial charge on any atom is -0.443 e. The van der Waals surface area contributed by atoms with Crippen LogP contribution in [0.3, 0.4) is 0 Å². The molecule has 1 saturated heterocycles. The number of carbonyl (C=O) groups excluding carboxylic acids is 1. The van der Waals surface area contributed by atoms with Gasteiger partial charge in [0.2, 0.25) is 0 Å². The fourth-order valence-corrected chi connectivity index (χ4v) is 5.50. The van der Waals surface area contributed by atoms with Crippen molar-refractivity contribution in [2.24, 2.45) is 5.92 Å². The van der Waals surface area contributed by atoms with E-state index in [2.05, 4.69) is 0 Å². The first kappa shape index (κ1) is 23.2. The van der Waals surface area contributed by atoms with Crippen LogP contribution in [0.2, 0.25) is 0 Å². The van der Waals surface area contributed by atoms with Crippen LogP contribution in [0.4, 0.5) is 4.79 Å². The molecule has 1 aromatic heterocycles. The third-order valence-corrected chi connectivity index (χ3v) is 7.54.